The Kier molecular flexibility index (Phi) is 8.68. The Morgan fingerprint density at radius 3 is 2.38 bits per heavy atom. The molecule has 2 N–H and O–H groups in total. The third kappa shape index (κ3) is 6.83. The van der Waals surface area contributed by atoms with Crippen LogP contribution in [-0.4, -0.2) is 20.9 Å². The topological polar surface area (TPSA) is 102 Å². The van der Waals surface area contributed by atoms with E-state index < -0.39 is 5.69 Å². The van der Waals surface area contributed by atoms with Crippen molar-refractivity contribution in [2.24, 2.45) is 0 Å². The number of aryl methyl sites for hydroxylation is 1. The molecule has 37 heavy (non-hydrogen) atoms. The lowest BCUT2D eigenvalue weighted by atomic mass is 10.1. The van der Waals surface area contributed by atoms with Crippen molar-refractivity contribution < 1.29 is 9.59 Å². The first kappa shape index (κ1) is 26.1. The van der Waals surface area contributed by atoms with Gasteiger partial charge in [-0.15, -0.1) is 11.3 Å². The number of amides is 2. The highest BCUT2D eigenvalue weighted by Crippen LogP contribution is 2.16. The zero-order valence-electron chi connectivity index (χ0n) is 20.7. The van der Waals surface area contributed by atoms with Gasteiger partial charge in [-0.1, -0.05) is 54.4 Å². The minimum atomic E-state index is -0.505. The molecule has 9 heteroatoms. The predicted octanol–water partition coefficient (Wildman–Crippen LogP) is 4.05. The fraction of sp³-hybridized carbons (Fsp3) is 0.286. The fourth-order valence-electron chi connectivity index (χ4n) is 4.08. The number of carbonyl (C=O) groups is 2. The van der Waals surface area contributed by atoms with Gasteiger partial charge in [0.05, 0.1) is 5.52 Å². The number of benzene rings is 2. The first-order valence-corrected chi connectivity index (χ1v) is 13.2. The second-order valence-electron chi connectivity index (χ2n) is 8.95. The summed E-state index contributed by atoms with van der Waals surface area (Å²) in [6, 6.07) is 18.7. The largest absolute Gasteiger partial charge is 0.352 e. The highest BCUT2D eigenvalue weighted by atomic mass is 32.1. The second kappa shape index (κ2) is 12.3. The Balaban J connectivity index is 1.33. The molecular weight excluding hydrogens is 488 g/mol. The van der Waals surface area contributed by atoms with Crippen LogP contribution in [-0.2, 0) is 29.2 Å². The van der Waals surface area contributed by atoms with Gasteiger partial charge >= 0.3 is 5.69 Å². The van der Waals surface area contributed by atoms with Crippen LogP contribution in [0.5, 0.6) is 0 Å². The SMILES string of the molecule is Cc1ccc(CNC(=O)CCCCCn2c(=O)c3sccc3n(CC(=O)Nc3ccccc3)c2=O)cc1. The number of para-hydroxylation sites is 1. The molecule has 2 heterocycles. The molecule has 0 aliphatic carbocycles. The molecule has 2 aromatic carbocycles. The first-order valence-electron chi connectivity index (χ1n) is 12.3. The lowest BCUT2D eigenvalue weighted by molar-refractivity contribution is -0.121. The predicted molar refractivity (Wildman–Crippen MR) is 147 cm³/mol. The summed E-state index contributed by atoms with van der Waals surface area (Å²) >= 11 is 1.26. The van der Waals surface area contributed by atoms with E-state index in [1.54, 1.807) is 23.6 Å². The summed E-state index contributed by atoms with van der Waals surface area (Å²) in [6.45, 7) is 2.55. The van der Waals surface area contributed by atoms with Crippen LogP contribution >= 0.6 is 11.3 Å². The summed E-state index contributed by atoms with van der Waals surface area (Å²) in [7, 11) is 0. The lowest BCUT2D eigenvalue weighted by Gasteiger charge is -2.12. The number of unbranched alkanes of at least 4 members (excludes halogenated alkanes) is 2. The van der Waals surface area contributed by atoms with Crippen molar-refractivity contribution in [1.29, 1.82) is 0 Å². The van der Waals surface area contributed by atoms with E-state index in [-0.39, 0.29) is 30.5 Å². The molecule has 4 rings (SSSR count). The summed E-state index contributed by atoms with van der Waals surface area (Å²) < 4.78 is 3.00. The van der Waals surface area contributed by atoms with Gasteiger partial charge in [-0.25, -0.2) is 4.79 Å². The summed E-state index contributed by atoms with van der Waals surface area (Å²) in [5.41, 5.74) is 2.48. The van der Waals surface area contributed by atoms with Crippen molar-refractivity contribution in [3.63, 3.8) is 0 Å². The van der Waals surface area contributed by atoms with Gasteiger partial charge < -0.3 is 10.6 Å². The normalized spacial score (nSPS) is 10.9. The molecule has 0 saturated carbocycles. The van der Waals surface area contributed by atoms with E-state index in [1.807, 2.05) is 49.4 Å². The Hall–Kier alpha value is -3.98. The number of fused-ring (bicyclic) bond motifs is 1. The van der Waals surface area contributed by atoms with Crippen molar-refractivity contribution in [3.05, 3.63) is 98.0 Å². The van der Waals surface area contributed by atoms with Gasteiger partial charge in [0.25, 0.3) is 5.56 Å². The lowest BCUT2D eigenvalue weighted by Crippen LogP contribution is -2.41. The zero-order valence-corrected chi connectivity index (χ0v) is 21.6. The summed E-state index contributed by atoms with van der Waals surface area (Å²) in [5, 5.41) is 7.45. The van der Waals surface area contributed by atoms with Gasteiger partial charge in [-0.3, -0.25) is 23.5 Å². The average molecular weight is 519 g/mol. The molecule has 0 aliphatic heterocycles. The molecule has 0 saturated heterocycles. The molecule has 0 bridgehead atoms. The summed E-state index contributed by atoms with van der Waals surface area (Å²) in [5.74, 6) is -0.368. The molecular formula is C28H30N4O4S. The van der Waals surface area contributed by atoms with E-state index in [4.69, 9.17) is 0 Å². The number of nitrogens with one attached hydrogen (secondary N) is 2. The van der Waals surface area contributed by atoms with Crippen LogP contribution in [0.3, 0.4) is 0 Å². The molecule has 0 spiro atoms. The van der Waals surface area contributed by atoms with Crippen LogP contribution in [0.25, 0.3) is 10.2 Å². The minimum Gasteiger partial charge on any atom is -0.352 e. The van der Waals surface area contributed by atoms with Gasteiger partial charge in [-0.05, 0) is 48.9 Å². The van der Waals surface area contributed by atoms with E-state index in [0.29, 0.717) is 48.1 Å². The molecule has 2 aromatic heterocycles. The maximum atomic E-state index is 13.2. The van der Waals surface area contributed by atoms with Crippen molar-refractivity contribution in [2.75, 3.05) is 5.32 Å². The number of hydrogen-bond acceptors (Lipinski definition) is 5. The summed E-state index contributed by atoms with van der Waals surface area (Å²) in [4.78, 5) is 50.9. The smallest absolute Gasteiger partial charge is 0.332 e. The van der Waals surface area contributed by atoms with E-state index in [9.17, 15) is 19.2 Å². The number of nitrogens with zero attached hydrogens (tertiary/aromatic N) is 2. The zero-order chi connectivity index (χ0) is 26.2. The molecule has 0 radical (unpaired) electrons. The standard InChI is InChI=1S/C28H30N4O4S/c1-20-11-13-21(14-12-20)18-29-24(33)10-6-3-7-16-31-27(35)26-23(15-17-37-26)32(28(31)36)19-25(34)30-22-8-4-2-5-9-22/h2,4-5,8-9,11-15,17H,3,6-7,10,16,18-19H2,1H3,(H,29,33)(H,30,34). The fourth-order valence-corrected chi connectivity index (χ4v) is 4.92. The third-order valence-corrected chi connectivity index (χ3v) is 6.98. The van der Waals surface area contributed by atoms with Gasteiger partial charge in [0.2, 0.25) is 11.8 Å². The Morgan fingerprint density at radius 2 is 1.62 bits per heavy atom. The monoisotopic (exact) mass is 518 g/mol. The number of carbonyl (C=O) groups excluding carboxylic acids is 2. The number of hydrogen-bond donors (Lipinski definition) is 2. The Morgan fingerprint density at radius 1 is 0.865 bits per heavy atom. The highest BCUT2D eigenvalue weighted by molar-refractivity contribution is 7.17. The highest BCUT2D eigenvalue weighted by Gasteiger charge is 2.16. The second-order valence-corrected chi connectivity index (χ2v) is 9.86. The van der Waals surface area contributed by atoms with Crippen LogP contribution < -0.4 is 21.9 Å². The van der Waals surface area contributed by atoms with E-state index in [0.717, 1.165) is 5.56 Å². The van der Waals surface area contributed by atoms with Crippen molar-refractivity contribution >= 4 is 39.1 Å². The van der Waals surface area contributed by atoms with Gasteiger partial charge in [0, 0.05) is 25.2 Å². The molecule has 0 fully saturated rings. The van der Waals surface area contributed by atoms with E-state index >= 15 is 0 Å². The molecule has 192 valence electrons. The number of thiophene rings is 1. The van der Waals surface area contributed by atoms with Gasteiger partial charge in [-0.2, -0.15) is 0 Å². The van der Waals surface area contributed by atoms with Crippen molar-refractivity contribution in [2.45, 2.75) is 52.2 Å². The number of anilines is 1. The molecule has 0 unspecified atom stereocenters. The molecule has 0 atom stereocenters. The van der Waals surface area contributed by atoms with Crippen molar-refractivity contribution in [1.82, 2.24) is 14.5 Å². The molecule has 4 aromatic rings. The van der Waals surface area contributed by atoms with Crippen LogP contribution in [0.1, 0.15) is 36.8 Å². The molecule has 2 amide bonds. The van der Waals surface area contributed by atoms with Crippen molar-refractivity contribution in [3.8, 4) is 0 Å². The quantitative estimate of drug-likeness (QED) is 0.293. The first-order chi connectivity index (χ1) is 17.9. The number of aromatic nitrogens is 2. The van der Waals surface area contributed by atoms with Crippen LogP contribution in [0.15, 0.2) is 75.6 Å². The maximum absolute atomic E-state index is 13.2. The van der Waals surface area contributed by atoms with Gasteiger partial charge in [0.1, 0.15) is 11.2 Å². The minimum absolute atomic E-state index is 0.0236. The molecule has 8 nitrogen and oxygen atoms in total. The van der Waals surface area contributed by atoms with E-state index in [2.05, 4.69) is 10.6 Å². The van der Waals surface area contributed by atoms with Crippen LogP contribution in [0, 0.1) is 6.92 Å². The summed E-state index contributed by atoms with van der Waals surface area (Å²) in [6.07, 6.45) is 2.31. The third-order valence-electron chi connectivity index (χ3n) is 6.09. The maximum Gasteiger partial charge on any atom is 0.332 e. The Labute approximate surface area is 218 Å². The number of rotatable bonds is 11. The van der Waals surface area contributed by atoms with E-state index in [1.165, 1.54) is 26.0 Å². The van der Waals surface area contributed by atoms with Crippen LogP contribution in [0.4, 0.5) is 5.69 Å². The molecule has 0 aliphatic rings. The Bertz CT molecular complexity index is 1490. The van der Waals surface area contributed by atoms with Crippen LogP contribution in [0.2, 0.25) is 0 Å². The van der Waals surface area contributed by atoms with Gasteiger partial charge in [0.15, 0.2) is 0 Å². The average Bonchev–Trinajstić information content (AvgIpc) is 3.38.